The van der Waals surface area contributed by atoms with Crippen LogP contribution in [0.25, 0.3) is 0 Å². The molecule has 0 amide bonds. The van der Waals surface area contributed by atoms with E-state index in [0.29, 0.717) is 5.82 Å². The molecule has 1 heterocycles. The molecule has 4 atom stereocenters. The van der Waals surface area contributed by atoms with Crippen molar-refractivity contribution in [2.24, 2.45) is 5.92 Å². The van der Waals surface area contributed by atoms with Gasteiger partial charge in [-0.2, -0.15) is 0 Å². The summed E-state index contributed by atoms with van der Waals surface area (Å²) in [6.45, 7) is 6.48. The molecule has 0 spiro atoms. The van der Waals surface area contributed by atoms with Crippen molar-refractivity contribution in [1.29, 1.82) is 0 Å². The Morgan fingerprint density at radius 1 is 1.13 bits per heavy atom. The lowest BCUT2D eigenvalue weighted by Crippen LogP contribution is -2.16. The van der Waals surface area contributed by atoms with Crippen LogP contribution in [-0.4, -0.2) is 19.3 Å². The second-order valence-corrected chi connectivity index (χ2v) is 5.21. The highest BCUT2D eigenvalue weighted by atomic mass is 16.7. The topological polar surface area (TPSA) is 18.5 Å². The van der Waals surface area contributed by atoms with Crippen molar-refractivity contribution in [3.8, 4) is 0 Å². The van der Waals surface area contributed by atoms with Crippen molar-refractivity contribution in [2.45, 2.75) is 70.9 Å². The van der Waals surface area contributed by atoms with Crippen molar-refractivity contribution < 1.29 is 9.31 Å². The molecular formula is C12H23BO2. The summed E-state index contributed by atoms with van der Waals surface area (Å²) in [4.78, 5) is 0. The molecule has 2 nitrogen and oxygen atoms in total. The lowest BCUT2D eigenvalue weighted by atomic mass is 9.80. The fraction of sp³-hybridized carbons (Fsp3) is 1.00. The highest BCUT2D eigenvalue weighted by Gasteiger charge is 2.52. The monoisotopic (exact) mass is 210 g/mol. The second-order valence-electron chi connectivity index (χ2n) is 5.21. The Morgan fingerprint density at radius 3 is 2.40 bits per heavy atom. The molecule has 2 unspecified atom stereocenters. The molecule has 86 valence electrons. The fourth-order valence-corrected chi connectivity index (χ4v) is 2.47. The molecule has 0 radical (unpaired) electrons. The Balaban J connectivity index is 1.66. The van der Waals surface area contributed by atoms with E-state index in [1.54, 1.807) is 0 Å². The Labute approximate surface area is 93.9 Å². The van der Waals surface area contributed by atoms with Crippen molar-refractivity contribution in [3.63, 3.8) is 0 Å². The zero-order chi connectivity index (χ0) is 10.8. The molecule has 1 saturated heterocycles. The normalized spacial score (nSPS) is 39.8. The minimum absolute atomic E-state index is 0.113. The standard InChI is InChI=1S/C12H23BO2/c1-4-5-6-7-11-8-12(11)13-14-9(2)10(3)15-13/h9-12H,4-8H2,1-3H3/t9?,10?,11-,12-/m1/s1. The van der Waals surface area contributed by atoms with E-state index >= 15 is 0 Å². The quantitative estimate of drug-likeness (QED) is 0.512. The molecule has 1 saturated carbocycles. The average Bonchev–Trinajstić information content (AvgIpc) is 2.89. The van der Waals surface area contributed by atoms with Crippen LogP contribution < -0.4 is 0 Å². The first-order valence-corrected chi connectivity index (χ1v) is 6.53. The van der Waals surface area contributed by atoms with E-state index in [0.717, 1.165) is 5.92 Å². The molecule has 2 fully saturated rings. The third-order valence-electron chi connectivity index (χ3n) is 3.86. The predicted molar refractivity (Wildman–Crippen MR) is 62.8 cm³/mol. The molecule has 0 bridgehead atoms. The van der Waals surface area contributed by atoms with Crippen molar-refractivity contribution in [1.82, 2.24) is 0 Å². The molecule has 1 aliphatic heterocycles. The van der Waals surface area contributed by atoms with Crippen LogP contribution in [0.4, 0.5) is 0 Å². The van der Waals surface area contributed by atoms with Gasteiger partial charge in [0.05, 0.1) is 12.2 Å². The summed E-state index contributed by atoms with van der Waals surface area (Å²) in [5, 5.41) is 0. The second kappa shape index (κ2) is 4.88. The van der Waals surface area contributed by atoms with Crippen LogP contribution in [0.3, 0.4) is 0 Å². The summed E-state index contributed by atoms with van der Waals surface area (Å²) in [7, 11) is 0.113. The average molecular weight is 210 g/mol. The van der Waals surface area contributed by atoms with E-state index in [2.05, 4.69) is 20.8 Å². The highest BCUT2D eigenvalue weighted by molar-refractivity contribution is 6.48. The molecule has 15 heavy (non-hydrogen) atoms. The van der Waals surface area contributed by atoms with E-state index in [1.807, 2.05) is 0 Å². The minimum atomic E-state index is 0.113. The molecule has 0 aromatic heterocycles. The molecular weight excluding hydrogens is 187 g/mol. The summed E-state index contributed by atoms with van der Waals surface area (Å²) in [5.41, 5.74) is 0. The van der Waals surface area contributed by atoms with Gasteiger partial charge in [0.15, 0.2) is 0 Å². The number of hydrogen-bond donors (Lipinski definition) is 0. The first kappa shape index (κ1) is 11.5. The van der Waals surface area contributed by atoms with Gasteiger partial charge in [0.1, 0.15) is 0 Å². The first-order chi connectivity index (χ1) is 7.22. The number of unbranched alkanes of at least 4 members (excludes halogenated alkanes) is 2. The molecule has 0 N–H and O–H groups in total. The summed E-state index contributed by atoms with van der Waals surface area (Å²) < 4.78 is 11.6. The Hall–Kier alpha value is -0.0151. The number of rotatable bonds is 5. The Kier molecular flexibility index (Phi) is 3.73. The molecule has 0 aromatic rings. The van der Waals surface area contributed by atoms with Crippen molar-refractivity contribution >= 4 is 7.12 Å². The molecule has 1 aliphatic carbocycles. The van der Waals surface area contributed by atoms with Crippen LogP contribution in [0.1, 0.15) is 52.9 Å². The van der Waals surface area contributed by atoms with Gasteiger partial charge in [-0.15, -0.1) is 0 Å². The predicted octanol–water partition coefficient (Wildman–Crippen LogP) is 3.27. The van der Waals surface area contributed by atoms with E-state index < -0.39 is 0 Å². The lowest BCUT2D eigenvalue weighted by Gasteiger charge is -2.04. The molecule has 0 aromatic carbocycles. The van der Waals surface area contributed by atoms with Gasteiger partial charge in [0.25, 0.3) is 0 Å². The lowest BCUT2D eigenvalue weighted by molar-refractivity contribution is 0.187. The summed E-state index contributed by atoms with van der Waals surface area (Å²) in [6.07, 6.45) is 7.36. The third kappa shape index (κ3) is 2.76. The van der Waals surface area contributed by atoms with Gasteiger partial charge in [0, 0.05) is 0 Å². The van der Waals surface area contributed by atoms with Gasteiger partial charge in [0.2, 0.25) is 0 Å². The molecule has 2 rings (SSSR count). The molecule has 2 aliphatic rings. The SMILES string of the molecule is CCCCC[C@@H]1C[C@H]1B1OC(C)C(C)O1. The van der Waals surface area contributed by atoms with Crippen LogP contribution in [0, 0.1) is 5.92 Å². The maximum absolute atomic E-state index is 5.81. The fourth-order valence-electron chi connectivity index (χ4n) is 2.47. The van der Waals surface area contributed by atoms with Gasteiger partial charge >= 0.3 is 7.12 Å². The van der Waals surface area contributed by atoms with E-state index in [-0.39, 0.29) is 19.3 Å². The van der Waals surface area contributed by atoms with E-state index in [9.17, 15) is 0 Å². The third-order valence-corrected chi connectivity index (χ3v) is 3.86. The van der Waals surface area contributed by atoms with Crippen LogP contribution in [0.5, 0.6) is 0 Å². The van der Waals surface area contributed by atoms with E-state index in [4.69, 9.17) is 9.31 Å². The Bertz CT molecular complexity index is 200. The maximum atomic E-state index is 5.81. The maximum Gasteiger partial charge on any atom is 0.461 e. The smallest absolute Gasteiger partial charge is 0.406 e. The summed E-state index contributed by atoms with van der Waals surface area (Å²) in [5.74, 6) is 1.59. The summed E-state index contributed by atoms with van der Waals surface area (Å²) >= 11 is 0. The van der Waals surface area contributed by atoms with Crippen LogP contribution in [0.2, 0.25) is 5.82 Å². The van der Waals surface area contributed by atoms with Crippen molar-refractivity contribution in [2.75, 3.05) is 0 Å². The van der Waals surface area contributed by atoms with E-state index in [1.165, 1.54) is 32.1 Å². The van der Waals surface area contributed by atoms with Gasteiger partial charge in [-0.05, 0) is 32.0 Å². The van der Waals surface area contributed by atoms with Crippen LogP contribution in [-0.2, 0) is 9.31 Å². The van der Waals surface area contributed by atoms with Crippen LogP contribution >= 0.6 is 0 Å². The van der Waals surface area contributed by atoms with Crippen molar-refractivity contribution in [3.05, 3.63) is 0 Å². The van der Waals surface area contributed by atoms with Gasteiger partial charge in [-0.3, -0.25) is 0 Å². The summed E-state index contributed by atoms with van der Waals surface area (Å²) in [6, 6.07) is 0. The Morgan fingerprint density at radius 2 is 1.80 bits per heavy atom. The zero-order valence-electron chi connectivity index (χ0n) is 10.2. The van der Waals surface area contributed by atoms with Gasteiger partial charge in [-0.1, -0.05) is 32.6 Å². The highest BCUT2D eigenvalue weighted by Crippen LogP contribution is 2.52. The van der Waals surface area contributed by atoms with Gasteiger partial charge in [-0.25, -0.2) is 0 Å². The zero-order valence-corrected chi connectivity index (χ0v) is 10.2. The number of hydrogen-bond acceptors (Lipinski definition) is 2. The molecule has 3 heteroatoms. The van der Waals surface area contributed by atoms with Crippen LogP contribution in [0.15, 0.2) is 0 Å². The first-order valence-electron chi connectivity index (χ1n) is 6.53. The minimum Gasteiger partial charge on any atom is -0.406 e. The largest absolute Gasteiger partial charge is 0.461 e. The van der Waals surface area contributed by atoms with Gasteiger partial charge < -0.3 is 9.31 Å².